The molecule has 20 heavy (non-hydrogen) atoms. The summed E-state index contributed by atoms with van der Waals surface area (Å²) in [6.45, 7) is 1.97. The van der Waals surface area contributed by atoms with Crippen LogP contribution in [0.5, 0.6) is 0 Å². The quantitative estimate of drug-likeness (QED) is 0.839. The number of hydrogen-bond acceptors (Lipinski definition) is 4. The minimum atomic E-state index is -3.76. The van der Waals surface area contributed by atoms with Crippen molar-refractivity contribution < 1.29 is 13.2 Å². The van der Waals surface area contributed by atoms with Crippen molar-refractivity contribution in [1.82, 2.24) is 9.03 Å². The lowest BCUT2D eigenvalue weighted by atomic mass is 10.2. The number of carbonyl (C=O) groups is 1. The fraction of sp³-hybridized carbons (Fsp3) is 0.231. The van der Waals surface area contributed by atoms with Crippen LogP contribution >= 0.6 is 0 Å². The molecular formula is C13H15N3O3S. The standard InChI is InChI=1S/C13H15N3O3S/c1-10-12(13(17)16(2)20(18,19)15-10)9-14-8-11-6-4-3-5-7-11/h3-7,9,15H,8H2,1-2H3. The average Bonchev–Trinajstić information content (AvgIpc) is 2.41. The summed E-state index contributed by atoms with van der Waals surface area (Å²) in [6, 6.07) is 9.58. The van der Waals surface area contributed by atoms with Crippen molar-refractivity contribution in [2.75, 3.05) is 7.05 Å². The van der Waals surface area contributed by atoms with Crippen LogP contribution in [0.25, 0.3) is 0 Å². The van der Waals surface area contributed by atoms with E-state index in [1.165, 1.54) is 20.2 Å². The van der Waals surface area contributed by atoms with Crippen molar-refractivity contribution in [3.63, 3.8) is 0 Å². The SMILES string of the molecule is CC1=C(C=NCc2ccccc2)C(=O)N(C)S(=O)(=O)N1. The van der Waals surface area contributed by atoms with E-state index in [1.807, 2.05) is 30.3 Å². The molecule has 0 unspecified atom stereocenters. The first-order chi connectivity index (χ1) is 9.42. The van der Waals surface area contributed by atoms with Crippen LogP contribution in [-0.2, 0) is 21.5 Å². The largest absolute Gasteiger partial charge is 0.325 e. The molecule has 1 aromatic carbocycles. The molecular weight excluding hydrogens is 278 g/mol. The highest BCUT2D eigenvalue weighted by Crippen LogP contribution is 2.14. The third-order valence-electron chi connectivity index (χ3n) is 2.90. The number of rotatable bonds is 3. The maximum atomic E-state index is 12.0. The van der Waals surface area contributed by atoms with Crippen LogP contribution in [-0.4, -0.2) is 31.9 Å². The number of carbonyl (C=O) groups excluding carboxylic acids is 1. The maximum absolute atomic E-state index is 12.0. The maximum Gasteiger partial charge on any atom is 0.325 e. The minimum Gasteiger partial charge on any atom is -0.288 e. The van der Waals surface area contributed by atoms with Crippen molar-refractivity contribution in [3.8, 4) is 0 Å². The van der Waals surface area contributed by atoms with Crippen LogP contribution in [0.4, 0.5) is 0 Å². The van der Waals surface area contributed by atoms with Gasteiger partial charge in [0, 0.05) is 19.0 Å². The fourth-order valence-corrected chi connectivity index (χ4v) is 2.68. The molecule has 1 aliphatic heterocycles. The molecule has 1 aliphatic rings. The highest BCUT2D eigenvalue weighted by molar-refractivity contribution is 7.87. The summed E-state index contributed by atoms with van der Waals surface area (Å²) in [5.74, 6) is -0.585. The topological polar surface area (TPSA) is 78.8 Å². The van der Waals surface area contributed by atoms with E-state index in [1.54, 1.807) is 0 Å². The van der Waals surface area contributed by atoms with Crippen molar-refractivity contribution in [3.05, 3.63) is 47.2 Å². The number of aliphatic imine (C=N–C) groups is 1. The van der Waals surface area contributed by atoms with E-state index in [0.717, 1.165) is 5.56 Å². The molecule has 1 aromatic rings. The van der Waals surface area contributed by atoms with Gasteiger partial charge in [0.05, 0.1) is 12.1 Å². The second kappa shape index (κ2) is 5.46. The van der Waals surface area contributed by atoms with Crippen LogP contribution in [0.3, 0.4) is 0 Å². The van der Waals surface area contributed by atoms with E-state index in [-0.39, 0.29) is 11.3 Å². The first-order valence-corrected chi connectivity index (χ1v) is 7.41. The Kier molecular flexibility index (Phi) is 3.89. The molecule has 0 saturated heterocycles. The zero-order valence-electron chi connectivity index (χ0n) is 11.2. The third kappa shape index (κ3) is 2.88. The van der Waals surface area contributed by atoms with Crippen molar-refractivity contribution in [2.24, 2.45) is 4.99 Å². The lowest BCUT2D eigenvalue weighted by Gasteiger charge is -2.25. The zero-order valence-corrected chi connectivity index (χ0v) is 12.0. The summed E-state index contributed by atoms with van der Waals surface area (Å²) in [4.78, 5) is 16.1. The van der Waals surface area contributed by atoms with Gasteiger partial charge in [-0.25, -0.2) is 4.31 Å². The summed E-state index contributed by atoms with van der Waals surface area (Å²) in [6.07, 6.45) is 1.41. The lowest BCUT2D eigenvalue weighted by molar-refractivity contribution is -0.121. The van der Waals surface area contributed by atoms with E-state index in [9.17, 15) is 13.2 Å². The predicted octanol–water partition coefficient (Wildman–Crippen LogP) is 0.838. The number of benzene rings is 1. The summed E-state index contributed by atoms with van der Waals surface area (Å²) >= 11 is 0. The number of likely N-dealkylation sites (N-methyl/N-ethyl adjacent to an activating group) is 1. The molecule has 1 heterocycles. The van der Waals surface area contributed by atoms with Crippen LogP contribution in [0.1, 0.15) is 12.5 Å². The van der Waals surface area contributed by atoms with Crippen molar-refractivity contribution >= 4 is 22.3 Å². The van der Waals surface area contributed by atoms with Gasteiger partial charge >= 0.3 is 10.2 Å². The Morgan fingerprint density at radius 1 is 1.30 bits per heavy atom. The van der Waals surface area contributed by atoms with E-state index < -0.39 is 16.1 Å². The highest BCUT2D eigenvalue weighted by atomic mass is 32.2. The van der Waals surface area contributed by atoms with Gasteiger partial charge in [-0.2, -0.15) is 8.42 Å². The molecule has 0 atom stereocenters. The van der Waals surface area contributed by atoms with Crippen LogP contribution < -0.4 is 4.72 Å². The average molecular weight is 293 g/mol. The first kappa shape index (κ1) is 14.3. The van der Waals surface area contributed by atoms with Crippen LogP contribution in [0, 0.1) is 0 Å². The van der Waals surface area contributed by atoms with Crippen LogP contribution in [0.15, 0.2) is 46.6 Å². The van der Waals surface area contributed by atoms with Gasteiger partial charge in [0.25, 0.3) is 5.91 Å². The van der Waals surface area contributed by atoms with Crippen molar-refractivity contribution in [1.29, 1.82) is 0 Å². The smallest absolute Gasteiger partial charge is 0.288 e. The monoisotopic (exact) mass is 293 g/mol. The number of amides is 1. The second-order valence-corrected chi connectivity index (χ2v) is 6.08. The second-order valence-electron chi connectivity index (χ2n) is 4.37. The Hall–Kier alpha value is -2.15. The Balaban J connectivity index is 2.18. The number of nitrogens with zero attached hydrogens (tertiary/aromatic N) is 2. The van der Waals surface area contributed by atoms with Crippen molar-refractivity contribution in [2.45, 2.75) is 13.5 Å². The minimum absolute atomic E-state index is 0.248. The molecule has 7 heteroatoms. The van der Waals surface area contributed by atoms with Crippen LogP contribution in [0.2, 0.25) is 0 Å². The molecule has 0 fully saturated rings. The first-order valence-electron chi connectivity index (χ1n) is 5.97. The Morgan fingerprint density at radius 2 is 1.95 bits per heavy atom. The van der Waals surface area contributed by atoms with E-state index >= 15 is 0 Å². The molecule has 0 spiro atoms. The van der Waals surface area contributed by atoms with Gasteiger partial charge in [0.2, 0.25) is 0 Å². The molecule has 6 nitrogen and oxygen atoms in total. The molecule has 2 rings (SSSR count). The molecule has 1 N–H and O–H groups in total. The third-order valence-corrected chi connectivity index (χ3v) is 4.35. The van der Waals surface area contributed by atoms with Gasteiger partial charge in [-0.1, -0.05) is 30.3 Å². The van der Waals surface area contributed by atoms with Gasteiger partial charge in [0.15, 0.2) is 0 Å². The summed E-state index contributed by atoms with van der Waals surface area (Å²) in [5, 5.41) is 0. The van der Waals surface area contributed by atoms with E-state index in [2.05, 4.69) is 9.71 Å². The van der Waals surface area contributed by atoms with Gasteiger partial charge < -0.3 is 0 Å². The summed E-state index contributed by atoms with van der Waals surface area (Å²) in [7, 11) is -2.55. The fourth-order valence-electron chi connectivity index (χ4n) is 1.73. The summed E-state index contributed by atoms with van der Waals surface area (Å²) < 4.78 is 26.1. The molecule has 0 aliphatic carbocycles. The Morgan fingerprint density at radius 3 is 2.60 bits per heavy atom. The van der Waals surface area contributed by atoms with E-state index in [4.69, 9.17) is 0 Å². The van der Waals surface area contributed by atoms with Gasteiger partial charge in [0.1, 0.15) is 0 Å². The highest BCUT2D eigenvalue weighted by Gasteiger charge is 2.32. The number of nitrogens with one attached hydrogen (secondary N) is 1. The van der Waals surface area contributed by atoms with E-state index in [0.29, 0.717) is 10.8 Å². The molecule has 1 amide bonds. The predicted molar refractivity (Wildman–Crippen MR) is 76.2 cm³/mol. The molecule has 106 valence electrons. The summed E-state index contributed by atoms with van der Waals surface area (Å²) in [5.41, 5.74) is 1.54. The van der Waals surface area contributed by atoms with Gasteiger partial charge in [-0.05, 0) is 12.5 Å². The Labute approximate surface area is 118 Å². The Bertz CT molecular complexity index is 678. The molecule has 0 radical (unpaired) electrons. The van der Waals surface area contributed by atoms with Gasteiger partial charge in [-0.15, -0.1) is 0 Å². The molecule has 0 saturated carbocycles. The molecule has 0 bridgehead atoms. The normalized spacial score (nSPS) is 18.5. The number of allylic oxidation sites excluding steroid dienone is 1. The molecule has 0 aromatic heterocycles. The van der Waals surface area contributed by atoms with Gasteiger partial charge in [-0.3, -0.25) is 14.5 Å². The zero-order chi connectivity index (χ0) is 14.8. The lowest BCUT2D eigenvalue weighted by Crippen LogP contribution is -2.47. The number of hydrogen-bond donors (Lipinski definition) is 1.